The highest BCUT2D eigenvalue weighted by molar-refractivity contribution is 5.71. The molecule has 0 spiro atoms. The molecular weight excluding hydrogens is 246 g/mol. The maximum absolute atomic E-state index is 11.6. The van der Waals surface area contributed by atoms with Gasteiger partial charge in [-0.2, -0.15) is 0 Å². The van der Waals surface area contributed by atoms with E-state index in [9.17, 15) is 4.79 Å². The SMILES string of the molecule is O=C1OC(CCCOC2CCCCO2)C2CCCN12. The number of carbonyl (C=O) groups is 1. The van der Waals surface area contributed by atoms with Crippen molar-refractivity contribution in [3.05, 3.63) is 0 Å². The zero-order chi connectivity index (χ0) is 13.1. The van der Waals surface area contributed by atoms with Crippen LogP contribution in [0, 0.1) is 0 Å². The Kier molecular flexibility index (Phi) is 4.23. The zero-order valence-corrected chi connectivity index (χ0v) is 11.4. The standard InChI is InChI=1S/C14H23NO4/c16-14-15-8-3-5-11(15)12(19-14)6-4-10-18-13-7-1-2-9-17-13/h11-13H,1-10H2. The first-order chi connectivity index (χ1) is 9.34. The van der Waals surface area contributed by atoms with Gasteiger partial charge in [0.1, 0.15) is 6.10 Å². The number of carbonyl (C=O) groups excluding carboxylic acids is 1. The number of cyclic esters (lactones) is 1. The molecule has 3 aliphatic rings. The Balaban J connectivity index is 1.35. The molecule has 3 heterocycles. The van der Waals surface area contributed by atoms with Crippen molar-refractivity contribution in [2.75, 3.05) is 19.8 Å². The summed E-state index contributed by atoms with van der Waals surface area (Å²) in [5.41, 5.74) is 0. The highest BCUT2D eigenvalue weighted by atomic mass is 16.7. The number of ether oxygens (including phenoxy) is 3. The van der Waals surface area contributed by atoms with Crippen LogP contribution in [0.3, 0.4) is 0 Å². The molecule has 3 unspecified atom stereocenters. The van der Waals surface area contributed by atoms with Crippen molar-refractivity contribution in [1.29, 1.82) is 0 Å². The summed E-state index contributed by atoms with van der Waals surface area (Å²) in [5.74, 6) is 0. The second kappa shape index (κ2) is 6.09. The molecule has 0 N–H and O–H groups in total. The topological polar surface area (TPSA) is 48.0 Å². The summed E-state index contributed by atoms with van der Waals surface area (Å²) in [6, 6.07) is 0.318. The molecule has 0 aromatic rings. The van der Waals surface area contributed by atoms with E-state index in [1.165, 1.54) is 6.42 Å². The fourth-order valence-electron chi connectivity index (χ4n) is 3.27. The van der Waals surface area contributed by atoms with Crippen LogP contribution in [-0.2, 0) is 14.2 Å². The van der Waals surface area contributed by atoms with Gasteiger partial charge < -0.3 is 19.1 Å². The molecule has 3 fully saturated rings. The van der Waals surface area contributed by atoms with E-state index >= 15 is 0 Å². The van der Waals surface area contributed by atoms with E-state index in [-0.39, 0.29) is 18.5 Å². The van der Waals surface area contributed by atoms with Gasteiger partial charge >= 0.3 is 6.09 Å². The van der Waals surface area contributed by atoms with Crippen molar-refractivity contribution in [2.45, 2.75) is 63.4 Å². The van der Waals surface area contributed by atoms with Crippen molar-refractivity contribution < 1.29 is 19.0 Å². The van der Waals surface area contributed by atoms with Crippen LogP contribution in [0.2, 0.25) is 0 Å². The molecule has 3 aliphatic heterocycles. The van der Waals surface area contributed by atoms with Crippen molar-refractivity contribution in [3.8, 4) is 0 Å². The van der Waals surface area contributed by atoms with Gasteiger partial charge in [-0.05, 0) is 44.9 Å². The molecule has 3 atom stereocenters. The van der Waals surface area contributed by atoms with Gasteiger partial charge in [-0.15, -0.1) is 0 Å². The number of hydrogen-bond acceptors (Lipinski definition) is 4. The average Bonchev–Trinajstić information content (AvgIpc) is 3.01. The lowest BCUT2D eigenvalue weighted by atomic mass is 10.0. The van der Waals surface area contributed by atoms with Gasteiger partial charge in [0, 0.05) is 19.8 Å². The molecule has 0 radical (unpaired) electrons. The van der Waals surface area contributed by atoms with Crippen molar-refractivity contribution in [1.82, 2.24) is 4.90 Å². The Morgan fingerprint density at radius 3 is 3.05 bits per heavy atom. The normalized spacial score (nSPS) is 34.4. The van der Waals surface area contributed by atoms with Crippen LogP contribution >= 0.6 is 0 Å². The van der Waals surface area contributed by atoms with Crippen LogP contribution in [0.5, 0.6) is 0 Å². The molecule has 3 rings (SSSR count). The minimum atomic E-state index is -0.121. The Bertz CT molecular complexity index is 317. The molecule has 0 aliphatic carbocycles. The van der Waals surface area contributed by atoms with Crippen LogP contribution in [0.15, 0.2) is 0 Å². The van der Waals surface area contributed by atoms with E-state index in [1.807, 2.05) is 4.90 Å². The lowest BCUT2D eigenvalue weighted by Crippen LogP contribution is -2.30. The van der Waals surface area contributed by atoms with E-state index < -0.39 is 0 Å². The number of hydrogen-bond donors (Lipinski definition) is 0. The first-order valence-corrected chi connectivity index (χ1v) is 7.55. The van der Waals surface area contributed by atoms with Crippen LogP contribution in [-0.4, -0.2) is 49.2 Å². The maximum atomic E-state index is 11.6. The molecular formula is C14H23NO4. The molecule has 19 heavy (non-hydrogen) atoms. The predicted molar refractivity (Wildman–Crippen MR) is 68.8 cm³/mol. The molecule has 0 aromatic heterocycles. The van der Waals surface area contributed by atoms with Crippen molar-refractivity contribution in [3.63, 3.8) is 0 Å². The summed E-state index contributed by atoms with van der Waals surface area (Å²) < 4.78 is 16.6. The van der Waals surface area contributed by atoms with Gasteiger partial charge in [0.25, 0.3) is 0 Å². The smallest absolute Gasteiger partial charge is 0.410 e. The molecule has 0 saturated carbocycles. The molecule has 0 aromatic carbocycles. The maximum Gasteiger partial charge on any atom is 0.410 e. The van der Waals surface area contributed by atoms with Gasteiger partial charge in [-0.25, -0.2) is 4.79 Å². The van der Waals surface area contributed by atoms with Gasteiger partial charge in [-0.3, -0.25) is 0 Å². The molecule has 0 bridgehead atoms. The molecule has 3 saturated heterocycles. The van der Waals surface area contributed by atoms with Crippen molar-refractivity contribution in [2.24, 2.45) is 0 Å². The highest BCUT2D eigenvalue weighted by Crippen LogP contribution is 2.31. The second-order valence-corrected chi connectivity index (χ2v) is 5.63. The summed E-state index contributed by atoms with van der Waals surface area (Å²) in [7, 11) is 0. The summed E-state index contributed by atoms with van der Waals surface area (Å²) in [6.07, 6.45) is 7.33. The minimum absolute atomic E-state index is 0.0112. The Morgan fingerprint density at radius 1 is 1.26 bits per heavy atom. The highest BCUT2D eigenvalue weighted by Gasteiger charge is 2.43. The summed E-state index contributed by atoms with van der Waals surface area (Å²) >= 11 is 0. The van der Waals surface area contributed by atoms with Gasteiger partial charge in [0.2, 0.25) is 0 Å². The number of rotatable bonds is 5. The number of amides is 1. The monoisotopic (exact) mass is 269 g/mol. The largest absolute Gasteiger partial charge is 0.444 e. The summed E-state index contributed by atoms with van der Waals surface area (Å²) in [6.45, 7) is 2.39. The third-order valence-electron chi connectivity index (χ3n) is 4.29. The van der Waals surface area contributed by atoms with Crippen molar-refractivity contribution >= 4 is 6.09 Å². The number of fused-ring (bicyclic) bond motifs is 1. The molecule has 5 heteroatoms. The summed E-state index contributed by atoms with van der Waals surface area (Å²) in [4.78, 5) is 13.5. The van der Waals surface area contributed by atoms with E-state index in [0.717, 1.165) is 51.7 Å². The quantitative estimate of drug-likeness (QED) is 0.718. The fraction of sp³-hybridized carbons (Fsp3) is 0.929. The first-order valence-electron chi connectivity index (χ1n) is 7.55. The second-order valence-electron chi connectivity index (χ2n) is 5.63. The van der Waals surface area contributed by atoms with E-state index in [1.54, 1.807) is 0 Å². The lowest BCUT2D eigenvalue weighted by molar-refractivity contribution is -0.163. The van der Waals surface area contributed by atoms with E-state index in [0.29, 0.717) is 12.6 Å². The average molecular weight is 269 g/mol. The van der Waals surface area contributed by atoms with Gasteiger partial charge in [0.15, 0.2) is 6.29 Å². The van der Waals surface area contributed by atoms with Crippen LogP contribution < -0.4 is 0 Å². The zero-order valence-electron chi connectivity index (χ0n) is 11.4. The predicted octanol–water partition coefficient (Wildman–Crippen LogP) is 2.29. The Hall–Kier alpha value is -0.810. The van der Waals surface area contributed by atoms with Gasteiger partial charge in [-0.1, -0.05) is 0 Å². The molecule has 108 valence electrons. The van der Waals surface area contributed by atoms with E-state index in [2.05, 4.69) is 0 Å². The van der Waals surface area contributed by atoms with E-state index in [4.69, 9.17) is 14.2 Å². The van der Waals surface area contributed by atoms with Crippen LogP contribution in [0.1, 0.15) is 44.9 Å². The number of nitrogens with zero attached hydrogens (tertiary/aromatic N) is 1. The third-order valence-corrected chi connectivity index (χ3v) is 4.29. The Labute approximate surface area is 114 Å². The Morgan fingerprint density at radius 2 is 2.21 bits per heavy atom. The summed E-state index contributed by atoms with van der Waals surface area (Å²) in [5, 5.41) is 0. The fourth-order valence-corrected chi connectivity index (χ4v) is 3.27. The first kappa shape index (κ1) is 13.2. The van der Waals surface area contributed by atoms with Gasteiger partial charge in [0.05, 0.1) is 6.04 Å². The van der Waals surface area contributed by atoms with Crippen LogP contribution in [0.4, 0.5) is 4.79 Å². The molecule has 5 nitrogen and oxygen atoms in total. The van der Waals surface area contributed by atoms with Crippen LogP contribution in [0.25, 0.3) is 0 Å². The lowest BCUT2D eigenvalue weighted by Gasteiger charge is -2.23. The molecule has 1 amide bonds. The minimum Gasteiger partial charge on any atom is -0.444 e. The third kappa shape index (κ3) is 3.03.